The Labute approximate surface area is 135 Å². The van der Waals surface area contributed by atoms with Crippen LogP contribution in [-0.2, 0) is 13.1 Å². The second-order valence-corrected chi connectivity index (χ2v) is 5.59. The lowest BCUT2D eigenvalue weighted by Gasteiger charge is -2.13. The molecule has 2 heterocycles. The lowest BCUT2D eigenvalue weighted by Crippen LogP contribution is -2.13. The summed E-state index contributed by atoms with van der Waals surface area (Å²) in [6.45, 7) is 3.19. The molecule has 0 fully saturated rings. The normalized spacial score (nSPS) is 15.3. The summed E-state index contributed by atoms with van der Waals surface area (Å²) in [6, 6.07) is 12.0. The molecule has 1 N–H and O–H groups in total. The fraction of sp³-hybridized carbons (Fsp3) is 0.333. The van der Waals surface area contributed by atoms with Gasteiger partial charge in [-0.05, 0) is 23.8 Å². The van der Waals surface area contributed by atoms with Gasteiger partial charge in [0.1, 0.15) is 0 Å². The van der Waals surface area contributed by atoms with E-state index in [1.165, 1.54) is 0 Å². The van der Waals surface area contributed by atoms with E-state index in [1.807, 2.05) is 30.3 Å². The van der Waals surface area contributed by atoms with Crippen molar-refractivity contribution >= 4 is 0 Å². The minimum Gasteiger partial charge on any atom is -0.490 e. The first kappa shape index (κ1) is 14.2. The summed E-state index contributed by atoms with van der Waals surface area (Å²) in [6.07, 6.45) is 0.915. The highest BCUT2D eigenvalue weighted by atomic mass is 16.7. The molecule has 0 bridgehead atoms. The molecule has 120 valence electrons. The van der Waals surface area contributed by atoms with E-state index in [-0.39, 0.29) is 0 Å². The van der Waals surface area contributed by atoms with Gasteiger partial charge in [-0.1, -0.05) is 18.2 Å². The predicted octanol–water partition coefficient (Wildman–Crippen LogP) is 2.87. The minimum absolute atomic E-state index is 0.305. The lowest BCUT2D eigenvalue weighted by molar-refractivity contribution is 0.174. The number of rotatable bonds is 4. The minimum atomic E-state index is 0.305. The third-order valence-electron chi connectivity index (χ3n) is 3.93. The fourth-order valence-corrected chi connectivity index (χ4v) is 2.79. The van der Waals surface area contributed by atoms with Gasteiger partial charge in [-0.15, -0.1) is 0 Å². The van der Waals surface area contributed by atoms with Crippen LogP contribution in [0.4, 0.5) is 0 Å². The van der Waals surface area contributed by atoms with Gasteiger partial charge >= 0.3 is 0 Å². The molecular formula is C18H19NO4. The van der Waals surface area contributed by atoms with Gasteiger partial charge in [-0.25, -0.2) is 0 Å². The van der Waals surface area contributed by atoms with E-state index in [0.717, 1.165) is 53.6 Å². The Kier molecular flexibility index (Phi) is 3.94. The molecule has 0 unspecified atom stereocenters. The van der Waals surface area contributed by atoms with E-state index in [4.69, 9.17) is 18.9 Å². The van der Waals surface area contributed by atoms with Crippen molar-refractivity contribution in [2.75, 3.05) is 20.0 Å². The lowest BCUT2D eigenvalue weighted by atomic mass is 10.1. The maximum atomic E-state index is 5.84. The van der Waals surface area contributed by atoms with Gasteiger partial charge in [0, 0.05) is 25.1 Å². The van der Waals surface area contributed by atoms with Gasteiger partial charge in [-0.2, -0.15) is 0 Å². The smallest absolute Gasteiger partial charge is 0.231 e. The SMILES string of the molecule is c1cc(CNCc2ccc3c(c2)OCO3)c2c(c1)OCCCO2. The van der Waals surface area contributed by atoms with E-state index in [1.54, 1.807) is 0 Å². The van der Waals surface area contributed by atoms with Crippen LogP contribution in [0.15, 0.2) is 36.4 Å². The van der Waals surface area contributed by atoms with E-state index in [0.29, 0.717) is 20.0 Å². The molecule has 2 aliphatic heterocycles. The zero-order valence-corrected chi connectivity index (χ0v) is 12.8. The van der Waals surface area contributed by atoms with E-state index >= 15 is 0 Å². The summed E-state index contributed by atoms with van der Waals surface area (Å²) in [5, 5.41) is 3.45. The molecule has 0 spiro atoms. The van der Waals surface area contributed by atoms with E-state index in [9.17, 15) is 0 Å². The first-order valence-corrected chi connectivity index (χ1v) is 7.87. The summed E-state index contributed by atoms with van der Waals surface area (Å²) in [5.74, 6) is 3.33. The molecule has 0 aromatic heterocycles. The van der Waals surface area contributed by atoms with Crippen molar-refractivity contribution in [3.63, 3.8) is 0 Å². The molecule has 2 aromatic carbocycles. The van der Waals surface area contributed by atoms with Gasteiger partial charge in [0.25, 0.3) is 0 Å². The van der Waals surface area contributed by atoms with Crippen molar-refractivity contribution in [1.82, 2.24) is 5.32 Å². The second kappa shape index (κ2) is 6.38. The molecule has 0 saturated carbocycles. The first-order chi connectivity index (χ1) is 11.4. The average Bonchev–Trinajstić information content (AvgIpc) is 2.90. The van der Waals surface area contributed by atoms with Crippen LogP contribution in [0.1, 0.15) is 17.5 Å². The quantitative estimate of drug-likeness (QED) is 0.940. The van der Waals surface area contributed by atoms with Gasteiger partial charge in [0.15, 0.2) is 23.0 Å². The number of fused-ring (bicyclic) bond motifs is 2. The predicted molar refractivity (Wildman–Crippen MR) is 85.2 cm³/mol. The Morgan fingerprint density at radius 2 is 1.74 bits per heavy atom. The summed E-state index contributed by atoms with van der Waals surface area (Å²) in [5.41, 5.74) is 2.28. The summed E-state index contributed by atoms with van der Waals surface area (Å²) >= 11 is 0. The molecule has 5 heteroatoms. The van der Waals surface area contributed by atoms with Crippen molar-refractivity contribution in [1.29, 1.82) is 0 Å². The zero-order valence-electron chi connectivity index (χ0n) is 12.8. The number of nitrogens with one attached hydrogen (secondary N) is 1. The van der Waals surface area contributed by atoms with Crippen molar-refractivity contribution < 1.29 is 18.9 Å². The van der Waals surface area contributed by atoms with Crippen LogP contribution >= 0.6 is 0 Å². The molecule has 0 amide bonds. The van der Waals surface area contributed by atoms with Crippen molar-refractivity contribution in [2.45, 2.75) is 19.5 Å². The zero-order chi connectivity index (χ0) is 15.5. The highest BCUT2D eigenvalue weighted by Crippen LogP contribution is 2.34. The molecule has 0 atom stereocenters. The monoisotopic (exact) mass is 313 g/mol. The van der Waals surface area contributed by atoms with Crippen molar-refractivity contribution in [3.05, 3.63) is 47.5 Å². The standard InChI is InChI=1S/C18H19NO4/c1-3-14(18-16(4-1)20-7-2-8-21-18)11-19-10-13-5-6-15-17(9-13)23-12-22-15/h1,3-6,9,19H,2,7-8,10-12H2. The summed E-state index contributed by atoms with van der Waals surface area (Å²) in [7, 11) is 0. The Morgan fingerprint density at radius 1 is 0.826 bits per heavy atom. The van der Waals surface area contributed by atoms with Gasteiger partial charge < -0.3 is 24.3 Å². The third kappa shape index (κ3) is 3.05. The van der Waals surface area contributed by atoms with Crippen molar-refractivity contribution in [3.8, 4) is 23.0 Å². The Bertz CT molecular complexity index is 701. The molecule has 5 nitrogen and oxygen atoms in total. The largest absolute Gasteiger partial charge is 0.490 e. The summed E-state index contributed by atoms with van der Waals surface area (Å²) in [4.78, 5) is 0. The van der Waals surface area contributed by atoms with Gasteiger partial charge in [0.2, 0.25) is 6.79 Å². The molecule has 2 aliphatic rings. The highest BCUT2D eigenvalue weighted by molar-refractivity contribution is 5.47. The van der Waals surface area contributed by atoms with Crippen LogP contribution in [0.25, 0.3) is 0 Å². The number of para-hydroxylation sites is 1. The fourth-order valence-electron chi connectivity index (χ4n) is 2.79. The molecular weight excluding hydrogens is 294 g/mol. The molecule has 4 rings (SSSR count). The Hall–Kier alpha value is -2.40. The second-order valence-electron chi connectivity index (χ2n) is 5.59. The van der Waals surface area contributed by atoms with Crippen LogP contribution in [0.2, 0.25) is 0 Å². The maximum Gasteiger partial charge on any atom is 0.231 e. The molecule has 0 radical (unpaired) electrons. The summed E-state index contributed by atoms with van der Waals surface area (Å²) < 4.78 is 22.3. The number of hydrogen-bond donors (Lipinski definition) is 1. The molecule has 23 heavy (non-hydrogen) atoms. The third-order valence-corrected chi connectivity index (χ3v) is 3.93. The van der Waals surface area contributed by atoms with E-state index in [2.05, 4.69) is 11.4 Å². The number of benzene rings is 2. The van der Waals surface area contributed by atoms with Gasteiger partial charge in [0.05, 0.1) is 13.2 Å². The number of hydrogen-bond acceptors (Lipinski definition) is 5. The Morgan fingerprint density at radius 3 is 2.74 bits per heavy atom. The highest BCUT2D eigenvalue weighted by Gasteiger charge is 2.15. The topological polar surface area (TPSA) is 49.0 Å². The Balaban J connectivity index is 1.42. The maximum absolute atomic E-state index is 5.84. The molecule has 0 aliphatic carbocycles. The first-order valence-electron chi connectivity index (χ1n) is 7.87. The molecule has 2 aromatic rings. The molecule has 0 saturated heterocycles. The van der Waals surface area contributed by atoms with E-state index < -0.39 is 0 Å². The van der Waals surface area contributed by atoms with Crippen LogP contribution in [0.3, 0.4) is 0 Å². The van der Waals surface area contributed by atoms with Crippen LogP contribution in [0, 0.1) is 0 Å². The van der Waals surface area contributed by atoms with Gasteiger partial charge in [-0.3, -0.25) is 0 Å². The average molecular weight is 313 g/mol. The van der Waals surface area contributed by atoms with Crippen LogP contribution in [-0.4, -0.2) is 20.0 Å². The number of ether oxygens (including phenoxy) is 4. The van der Waals surface area contributed by atoms with Crippen LogP contribution in [0.5, 0.6) is 23.0 Å². The van der Waals surface area contributed by atoms with Crippen LogP contribution < -0.4 is 24.3 Å². The van der Waals surface area contributed by atoms with Crippen molar-refractivity contribution in [2.24, 2.45) is 0 Å².